The largest absolute Gasteiger partial charge is 0.361 e. The third-order valence-corrected chi connectivity index (χ3v) is 3.83. The minimum absolute atomic E-state index is 0.0247. The van der Waals surface area contributed by atoms with Crippen molar-refractivity contribution in [3.05, 3.63) is 17.0 Å². The first-order chi connectivity index (χ1) is 8.91. The maximum atomic E-state index is 11.8. The molecule has 5 nitrogen and oxygen atoms in total. The smallest absolute Gasteiger partial charge is 0.220 e. The first-order valence-electron chi connectivity index (χ1n) is 6.89. The molecule has 0 unspecified atom stereocenters. The molecule has 0 aliphatic carbocycles. The lowest BCUT2D eigenvalue weighted by atomic mass is 9.94. The fourth-order valence-corrected chi connectivity index (χ4v) is 1.96. The predicted molar refractivity (Wildman–Crippen MR) is 74.8 cm³/mol. The van der Waals surface area contributed by atoms with E-state index in [1.807, 2.05) is 27.7 Å². The van der Waals surface area contributed by atoms with E-state index in [0.717, 1.165) is 29.9 Å². The molecule has 0 bridgehead atoms. The normalized spacial score (nSPS) is 11.6. The van der Waals surface area contributed by atoms with Crippen LogP contribution in [-0.4, -0.2) is 23.1 Å². The van der Waals surface area contributed by atoms with Crippen molar-refractivity contribution >= 4 is 5.91 Å². The van der Waals surface area contributed by atoms with Crippen LogP contribution in [0, 0.1) is 13.8 Å². The lowest BCUT2D eigenvalue weighted by Gasteiger charge is -2.26. The van der Waals surface area contributed by atoms with Gasteiger partial charge in [-0.05, 0) is 33.1 Å². The van der Waals surface area contributed by atoms with Gasteiger partial charge >= 0.3 is 0 Å². The number of aromatic nitrogens is 1. The summed E-state index contributed by atoms with van der Waals surface area (Å²) in [7, 11) is 0. The number of amides is 1. The Kier molecular flexibility index (Phi) is 5.54. The zero-order valence-electron chi connectivity index (χ0n) is 12.4. The Morgan fingerprint density at radius 2 is 2.00 bits per heavy atom. The van der Waals surface area contributed by atoms with Crippen molar-refractivity contribution in [2.24, 2.45) is 5.73 Å². The van der Waals surface area contributed by atoms with Gasteiger partial charge < -0.3 is 15.6 Å². The molecule has 0 aromatic carbocycles. The van der Waals surface area contributed by atoms with Crippen LogP contribution in [0.15, 0.2) is 4.52 Å². The van der Waals surface area contributed by atoms with Crippen LogP contribution in [0.2, 0.25) is 0 Å². The molecule has 0 radical (unpaired) electrons. The van der Waals surface area contributed by atoms with Crippen LogP contribution < -0.4 is 11.1 Å². The summed E-state index contributed by atoms with van der Waals surface area (Å²) in [5.74, 6) is 0.817. The van der Waals surface area contributed by atoms with Crippen LogP contribution in [0.4, 0.5) is 0 Å². The number of nitrogens with one attached hydrogen (secondary N) is 1. The summed E-state index contributed by atoms with van der Waals surface area (Å²) < 4.78 is 5.07. The molecule has 1 heterocycles. The predicted octanol–water partition coefficient (Wildman–Crippen LogP) is 1.86. The summed E-state index contributed by atoms with van der Waals surface area (Å²) in [6.45, 7) is 8.37. The van der Waals surface area contributed by atoms with Crippen LogP contribution >= 0.6 is 0 Å². The van der Waals surface area contributed by atoms with Gasteiger partial charge in [-0.25, -0.2) is 0 Å². The Morgan fingerprint density at radius 3 is 2.47 bits per heavy atom. The second-order valence-electron chi connectivity index (χ2n) is 5.15. The number of carbonyl (C=O) groups is 1. The molecule has 0 atom stereocenters. The van der Waals surface area contributed by atoms with Crippen molar-refractivity contribution in [2.45, 2.75) is 58.9 Å². The Bertz CT molecular complexity index is 403. The van der Waals surface area contributed by atoms with E-state index < -0.39 is 0 Å². The number of carbonyl (C=O) groups excluding carboxylic acids is 1. The summed E-state index contributed by atoms with van der Waals surface area (Å²) in [5.41, 5.74) is 7.74. The van der Waals surface area contributed by atoms with E-state index in [4.69, 9.17) is 10.3 Å². The minimum Gasteiger partial charge on any atom is -0.361 e. The highest BCUT2D eigenvalue weighted by atomic mass is 16.5. The Labute approximate surface area is 114 Å². The van der Waals surface area contributed by atoms with E-state index in [0.29, 0.717) is 19.4 Å². The van der Waals surface area contributed by atoms with Crippen molar-refractivity contribution in [2.75, 3.05) is 6.54 Å². The molecule has 0 saturated carbocycles. The lowest BCUT2D eigenvalue weighted by molar-refractivity contribution is -0.121. The molecular formula is C14H25N3O2. The number of hydrogen-bond acceptors (Lipinski definition) is 4. The fourth-order valence-electron chi connectivity index (χ4n) is 1.96. The molecule has 1 aromatic rings. The average molecular weight is 267 g/mol. The van der Waals surface area contributed by atoms with Crippen molar-refractivity contribution in [1.29, 1.82) is 0 Å². The SMILES string of the molecule is CCC(N)(CC)CNC(=O)CCc1c(C)noc1C. The molecule has 0 fully saturated rings. The fraction of sp³-hybridized carbons (Fsp3) is 0.714. The van der Waals surface area contributed by atoms with Crippen molar-refractivity contribution in [1.82, 2.24) is 10.5 Å². The van der Waals surface area contributed by atoms with Gasteiger partial charge in [-0.1, -0.05) is 19.0 Å². The monoisotopic (exact) mass is 267 g/mol. The quantitative estimate of drug-likeness (QED) is 0.790. The number of nitrogens with zero attached hydrogens (tertiary/aromatic N) is 1. The van der Waals surface area contributed by atoms with Gasteiger partial charge in [0.25, 0.3) is 0 Å². The summed E-state index contributed by atoms with van der Waals surface area (Å²) >= 11 is 0. The molecule has 3 N–H and O–H groups in total. The molecule has 108 valence electrons. The van der Waals surface area contributed by atoms with Gasteiger partial charge in [-0.15, -0.1) is 0 Å². The average Bonchev–Trinajstić information content (AvgIpc) is 2.73. The molecule has 5 heteroatoms. The third-order valence-electron chi connectivity index (χ3n) is 3.83. The van der Waals surface area contributed by atoms with Crippen molar-refractivity contribution < 1.29 is 9.32 Å². The van der Waals surface area contributed by atoms with E-state index >= 15 is 0 Å². The van der Waals surface area contributed by atoms with Gasteiger partial charge in [0.05, 0.1) is 5.69 Å². The summed E-state index contributed by atoms with van der Waals surface area (Å²) in [6.07, 6.45) is 2.80. The maximum Gasteiger partial charge on any atom is 0.220 e. The Morgan fingerprint density at radius 1 is 1.37 bits per heavy atom. The molecule has 1 amide bonds. The van der Waals surface area contributed by atoms with Gasteiger partial charge in [0.2, 0.25) is 5.91 Å². The number of nitrogens with two attached hydrogens (primary N) is 1. The van der Waals surface area contributed by atoms with Gasteiger partial charge in [-0.3, -0.25) is 4.79 Å². The van der Waals surface area contributed by atoms with Crippen molar-refractivity contribution in [3.63, 3.8) is 0 Å². The molecule has 0 spiro atoms. The summed E-state index contributed by atoms with van der Waals surface area (Å²) in [6, 6.07) is 0. The highest BCUT2D eigenvalue weighted by Gasteiger charge is 2.21. The topological polar surface area (TPSA) is 81.1 Å². The van der Waals surface area contributed by atoms with Gasteiger partial charge in [-0.2, -0.15) is 0 Å². The van der Waals surface area contributed by atoms with Gasteiger partial charge in [0, 0.05) is 24.1 Å². The Hall–Kier alpha value is -1.36. The molecule has 0 saturated heterocycles. The van der Waals surface area contributed by atoms with Gasteiger partial charge in [0.15, 0.2) is 0 Å². The van der Waals surface area contributed by atoms with E-state index in [-0.39, 0.29) is 11.4 Å². The lowest BCUT2D eigenvalue weighted by Crippen LogP contribution is -2.49. The van der Waals surface area contributed by atoms with E-state index in [9.17, 15) is 4.79 Å². The highest BCUT2D eigenvalue weighted by Crippen LogP contribution is 2.14. The van der Waals surface area contributed by atoms with E-state index in [2.05, 4.69) is 10.5 Å². The molecule has 1 rings (SSSR count). The van der Waals surface area contributed by atoms with Crippen LogP contribution in [0.5, 0.6) is 0 Å². The van der Waals surface area contributed by atoms with Crippen LogP contribution in [0.1, 0.15) is 50.1 Å². The second kappa shape index (κ2) is 6.70. The van der Waals surface area contributed by atoms with Gasteiger partial charge in [0.1, 0.15) is 5.76 Å². The Balaban J connectivity index is 2.41. The maximum absolute atomic E-state index is 11.8. The van der Waals surface area contributed by atoms with E-state index in [1.54, 1.807) is 0 Å². The summed E-state index contributed by atoms with van der Waals surface area (Å²) in [5, 5.41) is 6.79. The van der Waals surface area contributed by atoms with Crippen LogP contribution in [0.3, 0.4) is 0 Å². The molecule has 0 aliphatic heterocycles. The number of rotatable bonds is 7. The third kappa shape index (κ3) is 4.35. The number of aryl methyl sites for hydroxylation is 2. The first kappa shape index (κ1) is 15.7. The zero-order chi connectivity index (χ0) is 14.5. The number of hydrogen-bond donors (Lipinski definition) is 2. The standard InChI is InChI=1S/C14H25N3O2/c1-5-14(15,6-2)9-16-13(18)8-7-12-10(3)17-19-11(12)4/h5-9,15H2,1-4H3,(H,16,18). The minimum atomic E-state index is -0.293. The van der Waals surface area contributed by atoms with Crippen LogP contribution in [0.25, 0.3) is 0 Å². The molecular weight excluding hydrogens is 242 g/mol. The first-order valence-corrected chi connectivity index (χ1v) is 6.89. The molecule has 19 heavy (non-hydrogen) atoms. The zero-order valence-corrected chi connectivity index (χ0v) is 12.4. The molecule has 0 aliphatic rings. The molecule has 1 aromatic heterocycles. The summed E-state index contributed by atoms with van der Waals surface area (Å²) in [4.78, 5) is 11.8. The highest BCUT2D eigenvalue weighted by molar-refractivity contribution is 5.76. The second-order valence-corrected chi connectivity index (χ2v) is 5.15. The van der Waals surface area contributed by atoms with Crippen molar-refractivity contribution in [3.8, 4) is 0 Å². The van der Waals surface area contributed by atoms with E-state index in [1.165, 1.54) is 0 Å². The van der Waals surface area contributed by atoms with Crippen LogP contribution in [-0.2, 0) is 11.2 Å².